The predicted octanol–water partition coefficient (Wildman–Crippen LogP) is 4.95. The van der Waals surface area contributed by atoms with Crippen molar-refractivity contribution in [3.63, 3.8) is 0 Å². The average molecular weight is 442 g/mol. The van der Waals surface area contributed by atoms with Gasteiger partial charge in [-0.3, -0.25) is 14.6 Å². The van der Waals surface area contributed by atoms with Gasteiger partial charge in [0.15, 0.2) is 0 Å². The highest BCUT2D eigenvalue weighted by Crippen LogP contribution is 2.21. The fourth-order valence-corrected chi connectivity index (χ4v) is 3.50. The normalized spacial score (nSPS) is 11.2. The number of rotatable bonds is 7. The zero-order valence-electron chi connectivity index (χ0n) is 19.2. The van der Waals surface area contributed by atoms with Crippen LogP contribution in [-0.4, -0.2) is 21.4 Å². The first-order valence-electron chi connectivity index (χ1n) is 10.7. The molecule has 2 amide bonds. The number of benzene rings is 1. The smallest absolute Gasteiger partial charge is 0.266 e. The molecule has 0 radical (unpaired) electrons. The molecule has 7 heteroatoms. The molecule has 0 aliphatic heterocycles. The molecule has 0 saturated heterocycles. The van der Waals surface area contributed by atoms with Gasteiger partial charge in [0.25, 0.3) is 11.8 Å². The summed E-state index contributed by atoms with van der Waals surface area (Å²) in [5.41, 5.74) is 4.35. The Morgan fingerprint density at radius 3 is 2.48 bits per heavy atom. The summed E-state index contributed by atoms with van der Waals surface area (Å²) in [4.78, 5) is 29.2. The Bertz CT molecular complexity index is 1230. The summed E-state index contributed by atoms with van der Waals surface area (Å²) >= 11 is 0. The summed E-state index contributed by atoms with van der Waals surface area (Å²) < 4.78 is 2.19. The molecule has 0 unspecified atom stereocenters. The van der Waals surface area contributed by atoms with E-state index >= 15 is 0 Å². The number of amides is 2. The summed E-state index contributed by atoms with van der Waals surface area (Å²) in [5, 5.41) is 15.1. The second-order valence-corrected chi connectivity index (χ2v) is 8.23. The van der Waals surface area contributed by atoms with Crippen LogP contribution < -0.4 is 10.6 Å². The zero-order chi connectivity index (χ0) is 24.0. The van der Waals surface area contributed by atoms with Gasteiger partial charge < -0.3 is 15.2 Å². The van der Waals surface area contributed by atoms with E-state index in [1.165, 1.54) is 0 Å². The standard InChI is InChI=1S/C26H27N5O2/c1-17(2)16-31-18(3)12-21(19(31)4)13-22(15-27)26(33)30-24-7-5-6-20(14-24)25(32)29-23-8-10-28-11-9-23/h5-14,17H,16H2,1-4H3,(H,30,33)(H,28,29,32)/b22-13-. The third-order valence-corrected chi connectivity index (χ3v) is 5.15. The molecule has 2 heterocycles. The number of nitriles is 1. The predicted molar refractivity (Wildman–Crippen MR) is 130 cm³/mol. The second kappa shape index (κ2) is 10.4. The number of hydrogen-bond acceptors (Lipinski definition) is 4. The van der Waals surface area contributed by atoms with Gasteiger partial charge in [-0.2, -0.15) is 5.26 Å². The number of aromatic nitrogens is 2. The lowest BCUT2D eigenvalue weighted by Gasteiger charge is -2.12. The van der Waals surface area contributed by atoms with Gasteiger partial charge in [0.2, 0.25) is 0 Å². The average Bonchev–Trinajstić information content (AvgIpc) is 3.05. The van der Waals surface area contributed by atoms with Crippen LogP contribution >= 0.6 is 0 Å². The summed E-state index contributed by atoms with van der Waals surface area (Å²) in [6.45, 7) is 9.16. The van der Waals surface area contributed by atoms with Crippen molar-refractivity contribution in [3.8, 4) is 6.07 Å². The van der Waals surface area contributed by atoms with Gasteiger partial charge in [0, 0.05) is 47.3 Å². The minimum Gasteiger partial charge on any atom is -0.348 e. The van der Waals surface area contributed by atoms with Gasteiger partial charge in [-0.15, -0.1) is 0 Å². The van der Waals surface area contributed by atoms with E-state index in [0.717, 1.165) is 23.5 Å². The molecule has 0 atom stereocenters. The van der Waals surface area contributed by atoms with Crippen LogP contribution in [0.15, 0.2) is 60.4 Å². The van der Waals surface area contributed by atoms with Crippen LogP contribution in [-0.2, 0) is 11.3 Å². The number of pyridine rings is 1. The summed E-state index contributed by atoms with van der Waals surface area (Å²) in [7, 11) is 0. The van der Waals surface area contributed by atoms with E-state index in [1.54, 1.807) is 54.9 Å². The highest BCUT2D eigenvalue weighted by molar-refractivity contribution is 6.10. The van der Waals surface area contributed by atoms with Crippen LogP contribution in [0.5, 0.6) is 0 Å². The van der Waals surface area contributed by atoms with Crippen LogP contribution in [0.4, 0.5) is 11.4 Å². The van der Waals surface area contributed by atoms with Gasteiger partial charge >= 0.3 is 0 Å². The van der Waals surface area contributed by atoms with E-state index in [-0.39, 0.29) is 11.5 Å². The molecule has 3 rings (SSSR count). The molecule has 7 nitrogen and oxygen atoms in total. The quantitative estimate of drug-likeness (QED) is 0.400. The van der Waals surface area contributed by atoms with Crippen molar-refractivity contribution >= 4 is 29.3 Å². The molecule has 1 aromatic carbocycles. The van der Waals surface area contributed by atoms with Gasteiger partial charge in [0.05, 0.1) is 0 Å². The van der Waals surface area contributed by atoms with Crippen molar-refractivity contribution in [3.05, 3.63) is 82.9 Å². The highest BCUT2D eigenvalue weighted by atomic mass is 16.2. The maximum Gasteiger partial charge on any atom is 0.266 e. The Morgan fingerprint density at radius 2 is 1.82 bits per heavy atom. The van der Waals surface area contributed by atoms with E-state index in [4.69, 9.17) is 0 Å². The SMILES string of the molecule is Cc1cc(/C=C(/C#N)C(=O)Nc2cccc(C(=O)Nc3ccncc3)c2)c(C)n1CC(C)C. The third-order valence-electron chi connectivity index (χ3n) is 5.15. The molecule has 0 aliphatic carbocycles. The Balaban J connectivity index is 1.77. The topological polar surface area (TPSA) is 99.8 Å². The van der Waals surface area contributed by atoms with Gasteiger partial charge in [-0.1, -0.05) is 19.9 Å². The Kier molecular flexibility index (Phi) is 7.42. The summed E-state index contributed by atoms with van der Waals surface area (Å²) in [5.74, 6) is -0.364. The summed E-state index contributed by atoms with van der Waals surface area (Å²) in [6, 6.07) is 13.9. The molecule has 33 heavy (non-hydrogen) atoms. The van der Waals surface area contributed by atoms with Crippen LogP contribution in [0, 0.1) is 31.1 Å². The number of anilines is 2. The molecular weight excluding hydrogens is 414 g/mol. The molecular formula is C26H27N5O2. The fraction of sp³-hybridized carbons (Fsp3) is 0.231. The van der Waals surface area contributed by atoms with Crippen LogP contribution in [0.3, 0.4) is 0 Å². The molecule has 2 aromatic heterocycles. The molecule has 2 N–H and O–H groups in total. The number of carbonyl (C=O) groups is 2. The number of carbonyl (C=O) groups excluding carboxylic acids is 2. The monoisotopic (exact) mass is 441 g/mol. The van der Waals surface area contributed by atoms with E-state index in [0.29, 0.717) is 22.9 Å². The van der Waals surface area contributed by atoms with Gasteiger partial charge in [0.1, 0.15) is 11.6 Å². The molecule has 0 fully saturated rings. The van der Waals surface area contributed by atoms with Crippen LogP contribution in [0.1, 0.15) is 41.2 Å². The summed E-state index contributed by atoms with van der Waals surface area (Å²) in [6.07, 6.45) is 4.78. The molecule has 0 spiro atoms. The Morgan fingerprint density at radius 1 is 1.09 bits per heavy atom. The zero-order valence-corrected chi connectivity index (χ0v) is 19.2. The molecule has 0 aliphatic rings. The largest absolute Gasteiger partial charge is 0.348 e. The van der Waals surface area contributed by atoms with E-state index in [9.17, 15) is 14.9 Å². The van der Waals surface area contributed by atoms with Crippen LogP contribution in [0.2, 0.25) is 0 Å². The lowest BCUT2D eigenvalue weighted by molar-refractivity contribution is -0.112. The molecule has 0 bridgehead atoms. The highest BCUT2D eigenvalue weighted by Gasteiger charge is 2.15. The second-order valence-electron chi connectivity index (χ2n) is 8.23. The minimum atomic E-state index is -0.530. The number of nitrogens with one attached hydrogen (secondary N) is 2. The van der Waals surface area contributed by atoms with Crippen molar-refractivity contribution in [2.45, 2.75) is 34.2 Å². The van der Waals surface area contributed by atoms with E-state index in [2.05, 4.69) is 34.0 Å². The Hall–Kier alpha value is -4.18. The van der Waals surface area contributed by atoms with Crippen molar-refractivity contribution in [1.82, 2.24) is 9.55 Å². The molecule has 3 aromatic rings. The minimum absolute atomic E-state index is 0.00793. The third kappa shape index (κ3) is 5.95. The lowest BCUT2D eigenvalue weighted by atomic mass is 10.1. The first-order chi connectivity index (χ1) is 15.8. The maximum absolute atomic E-state index is 12.8. The number of aryl methyl sites for hydroxylation is 1. The van der Waals surface area contributed by atoms with Crippen molar-refractivity contribution in [1.29, 1.82) is 5.26 Å². The van der Waals surface area contributed by atoms with Crippen molar-refractivity contribution in [2.75, 3.05) is 10.6 Å². The first-order valence-corrected chi connectivity index (χ1v) is 10.7. The lowest BCUT2D eigenvalue weighted by Crippen LogP contribution is -2.15. The maximum atomic E-state index is 12.8. The number of nitrogens with zero attached hydrogens (tertiary/aromatic N) is 3. The Labute approximate surface area is 193 Å². The van der Waals surface area contributed by atoms with E-state index < -0.39 is 5.91 Å². The fourth-order valence-electron chi connectivity index (χ4n) is 3.50. The van der Waals surface area contributed by atoms with Gasteiger partial charge in [-0.05, 0) is 67.8 Å². The van der Waals surface area contributed by atoms with Crippen LogP contribution in [0.25, 0.3) is 6.08 Å². The molecule has 0 saturated carbocycles. The van der Waals surface area contributed by atoms with E-state index in [1.807, 2.05) is 26.0 Å². The van der Waals surface area contributed by atoms with Crippen molar-refractivity contribution < 1.29 is 9.59 Å². The number of hydrogen-bond donors (Lipinski definition) is 2. The van der Waals surface area contributed by atoms with Crippen molar-refractivity contribution in [2.24, 2.45) is 5.92 Å². The molecule has 168 valence electrons. The first kappa shape index (κ1) is 23.5. The van der Waals surface area contributed by atoms with Gasteiger partial charge in [-0.25, -0.2) is 0 Å².